The van der Waals surface area contributed by atoms with Crippen LogP contribution in [-0.2, 0) is 46.4 Å². The van der Waals surface area contributed by atoms with Crippen LogP contribution in [0.4, 0.5) is 0 Å². The predicted molar refractivity (Wildman–Crippen MR) is 280 cm³/mol. The molecule has 5 N–H and O–H groups in total. The fourth-order valence-electron chi connectivity index (χ4n) is 11.7. The number of carbonyl (C=O) groups excluding carboxylic acids is 4. The van der Waals surface area contributed by atoms with E-state index >= 15 is 0 Å². The number of aromatic hydroxyl groups is 1. The van der Waals surface area contributed by atoms with Crippen molar-refractivity contribution >= 4 is 34.6 Å². The average Bonchev–Trinajstić information content (AvgIpc) is 4.04. The minimum absolute atomic E-state index is 0.00949. The molecule has 3 amide bonds. The minimum atomic E-state index is -1.18. The van der Waals surface area contributed by atoms with E-state index in [2.05, 4.69) is 71.4 Å². The number of cyclic esters (lactones) is 1. The number of phenols is 1. The summed E-state index contributed by atoms with van der Waals surface area (Å²) in [5.41, 5.74) is 10.8. The number of phenolic OH excluding ortho intramolecular Hbond substituents is 1. The number of hydrazine groups is 1. The molecule has 74 heavy (non-hydrogen) atoms. The van der Waals surface area contributed by atoms with Gasteiger partial charge < -0.3 is 44.5 Å². The number of esters is 1. The quantitative estimate of drug-likeness (QED) is 0.0592. The van der Waals surface area contributed by atoms with Gasteiger partial charge in [-0.15, -0.1) is 0 Å². The molecule has 0 saturated carbocycles. The molecule has 1 aliphatic carbocycles. The molecule has 5 heterocycles. The van der Waals surface area contributed by atoms with E-state index in [0.29, 0.717) is 56.6 Å². The summed E-state index contributed by atoms with van der Waals surface area (Å²) in [6.07, 6.45) is 1.95. The highest BCUT2D eigenvalue weighted by Crippen LogP contribution is 2.57. The van der Waals surface area contributed by atoms with Gasteiger partial charge in [0.25, 0.3) is 11.8 Å². The third kappa shape index (κ3) is 10.3. The highest BCUT2D eigenvalue weighted by atomic mass is 16.5. The van der Waals surface area contributed by atoms with Crippen molar-refractivity contribution < 1.29 is 43.6 Å². The molecule has 4 aliphatic rings. The summed E-state index contributed by atoms with van der Waals surface area (Å²) >= 11 is 0. The van der Waals surface area contributed by atoms with E-state index in [1.54, 1.807) is 32.5 Å². The molecule has 2 fully saturated rings. The number of aryl methyl sites for hydroxylation is 1. The molecule has 2 aromatic heterocycles. The fraction of sp³-hybridized carbons (Fsp3) is 0.466. The van der Waals surface area contributed by atoms with Crippen LogP contribution >= 0.6 is 0 Å². The van der Waals surface area contributed by atoms with Gasteiger partial charge >= 0.3 is 5.97 Å². The van der Waals surface area contributed by atoms with Crippen LogP contribution in [0, 0.1) is 23.2 Å². The number of nitrogens with one attached hydrogen (secondary N) is 3. The van der Waals surface area contributed by atoms with Gasteiger partial charge in [0, 0.05) is 92.3 Å². The number of aromatic nitrogens is 2. The van der Waals surface area contributed by atoms with Crippen molar-refractivity contribution in [3.8, 4) is 40.0 Å². The van der Waals surface area contributed by atoms with Gasteiger partial charge in [0.15, 0.2) is 0 Å². The predicted octanol–water partition coefficient (Wildman–Crippen LogP) is 5.98. The first-order valence-corrected chi connectivity index (χ1v) is 25.9. The van der Waals surface area contributed by atoms with Crippen LogP contribution in [0.5, 0.6) is 5.75 Å². The Morgan fingerprint density at radius 1 is 1.05 bits per heavy atom. The lowest BCUT2D eigenvalue weighted by Crippen LogP contribution is -2.62. The third-order valence-electron chi connectivity index (χ3n) is 15.2. The van der Waals surface area contributed by atoms with Crippen LogP contribution < -0.4 is 16.1 Å². The molecule has 5 aromatic rings. The van der Waals surface area contributed by atoms with Crippen LogP contribution in [0.2, 0.25) is 0 Å². The summed E-state index contributed by atoms with van der Waals surface area (Å²) in [4.78, 5) is 64.8. The number of hydrogen-bond acceptors (Lipinski definition) is 12. The molecule has 6 bridgehead atoms. The average molecular weight is 1010 g/mol. The number of aliphatic hydroxyl groups excluding tert-OH is 1. The molecule has 2 saturated heterocycles. The molecule has 3 aromatic carbocycles. The normalized spacial score (nSPS) is 22.8. The lowest BCUT2D eigenvalue weighted by Gasteiger charge is -2.42. The Hall–Kier alpha value is -6.61. The van der Waals surface area contributed by atoms with Crippen molar-refractivity contribution in [1.29, 1.82) is 0 Å². The number of amides is 3. The number of aliphatic hydroxyl groups is 1. The van der Waals surface area contributed by atoms with E-state index < -0.39 is 53.5 Å². The van der Waals surface area contributed by atoms with Crippen molar-refractivity contribution in [2.45, 2.75) is 109 Å². The largest absolute Gasteiger partial charge is 0.508 e. The smallest absolute Gasteiger partial charge is 0.324 e. The molecule has 390 valence electrons. The van der Waals surface area contributed by atoms with Crippen molar-refractivity contribution in [2.75, 3.05) is 53.6 Å². The Balaban J connectivity index is 1.13. The molecule has 3 aliphatic heterocycles. The number of pyridine rings is 1. The Labute approximate surface area is 433 Å². The topological polar surface area (TPSA) is 197 Å². The first kappa shape index (κ1) is 52.3. The van der Waals surface area contributed by atoms with Gasteiger partial charge in [0.1, 0.15) is 36.1 Å². The second kappa shape index (κ2) is 22.1. The second-order valence-electron chi connectivity index (χ2n) is 21.0. The van der Waals surface area contributed by atoms with Gasteiger partial charge in [-0.2, -0.15) is 0 Å². The van der Waals surface area contributed by atoms with Gasteiger partial charge in [-0.1, -0.05) is 82.0 Å². The number of hydrogen-bond donors (Lipinski definition) is 5. The molecule has 16 heteroatoms. The van der Waals surface area contributed by atoms with Gasteiger partial charge in [0.05, 0.1) is 31.1 Å². The fourth-order valence-corrected chi connectivity index (χ4v) is 11.7. The number of ether oxygens (including phenoxy) is 3. The maximum atomic E-state index is 14.9. The molecule has 1 unspecified atom stereocenters. The summed E-state index contributed by atoms with van der Waals surface area (Å²) in [5.74, 6) is 3.61. The van der Waals surface area contributed by atoms with Crippen LogP contribution in [0.25, 0.3) is 33.3 Å². The van der Waals surface area contributed by atoms with E-state index in [-0.39, 0.29) is 55.6 Å². The lowest BCUT2D eigenvalue weighted by atomic mass is 9.67. The number of nitrogens with zero attached hydrogens (tertiary/aromatic N) is 4. The number of fused-ring (bicyclic) bond motifs is 8. The summed E-state index contributed by atoms with van der Waals surface area (Å²) in [5, 5.41) is 29.2. The molecule has 0 spiro atoms. The van der Waals surface area contributed by atoms with Crippen molar-refractivity contribution in [1.82, 2.24) is 35.5 Å². The zero-order valence-electron chi connectivity index (χ0n) is 43.4. The molecule has 9 rings (SSSR count). The summed E-state index contributed by atoms with van der Waals surface area (Å²) in [6, 6.07) is 20.2. The van der Waals surface area contributed by atoms with Crippen LogP contribution in [-0.4, -0.2) is 131 Å². The van der Waals surface area contributed by atoms with Gasteiger partial charge in [-0.3, -0.25) is 29.2 Å². The zero-order valence-corrected chi connectivity index (χ0v) is 43.4. The third-order valence-corrected chi connectivity index (χ3v) is 15.2. The number of methoxy groups -OCH3 is 1. The Kier molecular flexibility index (Phi) is 15.6. The minimum Gasteiger partial charge on any atom is -0.508 e. The van der Waals surface area contributed by atoms with Crippen molar-refractivity contribution in [3.63, 3.8) is 0 Å². The monoisotopic (exact) mass is 1010 g/mol. The molecular formula is C58H69N7O9. The van der Waals surface area contributed by atoms with E-state index in [1.807, 2.05) is 56.3 Å². The van der Waals surface area contributed by atoms with Gasteiger partial charge in [-0.05, 0) is 90.3 Å². The highest BCUT2D eigenvalue weighted by Gasteiger charge is 2.48. The first-order valence-electron chi connectivity index (χ1n) is 25.9. The number of likely N-dealkylation sites (N-methyl/N-ethyl adjacent to an activating group) is 1. The molecule has 7 atom stereocenters. The van der Waals surface area contributed by atoms with Gasteiger partial charge in [-0.25, -0.2) is 5.43 Å². The maximum absolute atomic E-state index is 14.9. The Bertz CT molecular complexity index is 2980. The lowest BCUT2D eigenvalue weighted by molar-refractivity contribution is -0.156. The highest BCUT2D eigenvalue weighted by molar-refractivity contribution is 5.97. The first-order chi connectivity index (χ1) is 35.6. The molecular weight excluding hydrogens is 939 g/mol. The zero-order chi connectivity index (χ0) is 52.4. The Morgan fingerprint density at radius 3 is 2.59 bits per heavy atom. The van der Waals surface area contributed by atoms with Crippen molar-refractivity contribution in [2.24, 2.45) is 11.3 Å². The van der Waals surface area contributed by atoms with E-state index in [9.17, 15) is 29.4 Å². The number of benzene rings is 3. The van der Waals surface area contributed by atoms with E-state index in [4.69, 9.17) is 19.2 Å². The Morgan fingerprint density at radius 2 is 1.85 bits per heavy atom. The van der Waals surface area contributed by atoms with Crippen LogP contribution in [0.3, 0.4) is 0 Å². The van der Waals surface area contributed by atoms with Crippen LogP contribution in [0.15, 0.2) is 79.0 Å². The summed E-state index contributed by atoms with van der Waals surface area (Å²) in [7, 11) is 3.28. The summed E-state index contributed by atoms with van der Waals surface area (Å²) < 4.78 is 21.1. The SMILES string of the molecule is CCn1c2c3c4cc(ccc41)-c1cc(O)cc(c1)C[C@H](NC(=O)[C@H](C(C)C)N(C)C(=O)[C@@H]1OCC[C@@H]1c1ccccc1)C(=O)N1CCC[C@H](N1)C(=O)OCC(C)(C)C3[C@H](OC)c1ncc(C#CCNCCO)cc1-2. The number of rotatable bonds is 11. The molecule has 0 radical (unpaired) electrons. The standard InChI is InChI=1S/C58H69N7O9/c1-8-64-46-19-18-38-31-42(46)47-48(53(72-7)49-43(51(47)64)28-35(32-60-49)14-12-21-59-22-24-66)58(4,5)33-74-57(71)44-17-13-23-65(62-44)55(69)45(29-36-26-39(38)30-40(67)27-36)61-54(68)50(34(2)3)63(6)56(70)52-41(20-25-73-52)37-15-10-9-11-16-37/h9-11,15-16,18-19,26-28,30-32,34,41,44-45,48,50,52-53,59,62,66-67H,8,13,17,20-25,29,33H2,1-7H3,(H,61,68)/t41-,44+,45+,48?,50+,52-,53+/m1/s1. The van der Waals surface area contributed by atoms with E-state index in [1.165, 1.54) is 9.91 Å². The van der Waals surface area contributed by atoms with Gasteiger partial charge in [0.2, 0.25) is 5.91 Å². The molecule has 16 nitrogen and oxygen atoms in total. The van der Waals surface area contributed by atoms with Crippen molar-refractivity contribution in [3.05, 3.63) is 107 Å². The van der Waals surface area contributed by atoms with Crippen LogP contribution in [0.1, 0.15) is 99.8 Å². The maximum Gasteiger partial charge on any atom is 0.324 e. The summed E-state index contributed by atoms with van der Waals surface area (Å²) in [6.45, 7) is 12.1. The van der Waals surface area contributed by atoms with E-state index in [0.717, 1.165) is 50.1 Å². The number of carbonyl (C=O) groups is 4. The second-order valence-corrected chi connectivity index (χ2v) is 21.0.